The van der Waals surface area contributed by atoms with Crippen LogP contribution >= 0.6 is 11.8 Å². The van der Waals surface area contributed by atoms with E-state index in [-0.39, 0.29) is 48.9 Å². The number of thioether (sulfide) groups is 1. The summed E-state index contributed by atoms with van der Waals surface area (Å²) < 4.78 is 51.5. The molecule has 0 aromatic rings. The SMILES string of the molecule is CCCC1O[C@@H]2C[C@H]3[C@@H]4C[C@H](F)C5=CC(=O)CC[C@]5(C)[C@@]4(F)[C@@H](O)C[C@]3(C)[C@]2(S[C@@H]2CCOC2=O)O1. The van der Waals surface area contributed by atoms with Crippen molar-refractivity contribution in [3.8, 4) is 0 Å². The van der Waals surface area contributed by atoms with Crippen LogP contribution in [0.4, 0.5) is 8.78 Å². The summed E-state index contributed by atoms with van der Waals surface area (Å²) in [6.45, 7) is 6.10. The fraction of sp³-hybridized carbons (Fsp3) is 0.852. The van der Waals surface area contributed by atoms with Crippen LogP contribution in [-0.2, 0) is 23.8 Å². The number of ether oxygens (including phenoxy) is 3. The van der Waals surface area contributed by atoms with Gasteiger partial charge in [-0.05, 0) is 49.7 Å². The van der Waals surface area contributed by atoms with E-state index in [1.165, 1.54) is 17.8 Å². The predicted octanol–water partition coefficient (Wildman–Crippen LogP) is 4.43. The molecule has 0 amide bonds. The second-order valence-corrected chi connectivity index (χ2v) is 13.6. The quantitative estimate of drug-likeness (QED) is 0.543. The number of hydrogen-bond donors (Lipinski definition) is 1. The van der Waals surface area contributed by atoms with Gasteiger partial charge in [0.2, 0.25) is 0 Å². The molecule has 6 nitrogen and oxygen atoms in total. The van der Waals surface area contributed by atoms with Crippen LogP contribution in [0.25, 0.3) is 0 Å². The molecule has 11 atom stereocenters. The molecule has 6 rings (SSSR count). The number of hydrogen-bond acceptors (Lipinski definition) is 7. The minimum atomic E-state index is -2.06. The number of fused-ring (bicyclic) bond motifs is 7. The van der Waals surface area contributed by atoms with E-state index in [2.05, 4.69) is 0 Å². The van der Waals surface area contributed by atoms with Crippen LogP contribution < -0.4 is 0 Å². The highest BCUT2D eigenvalue weighted by molar-refractivity contribution is 8.01. The molecule has 4 aliphatic carbocycles. The molecule has 0 aromatic carbocycles. The average Bonchev–Trinajstić information content (AvgIpc) is 3.44. The van der Waals surface area contributed by atoms with Crippen molar-refractivity contribution < 1.29 is 37.7 Å². The first-order valence-electron chi connectivity index (χ1n) is 13.4. The van der Waals surface area contributed by atoms with Gasteiger partial charge in [0.15, 0.2) is 12.1 Å². The van der Waals surface area contributed by atoms with Gasteiger partial charge in [0.05, 0.1) is 12.7 Å². The molecule has 2 heterocycles. The summed E-state index contributed by atoms with van der Waals surface area (Å²) >= 11 is 1.41. The number of aliphatic hydroxyl groups excluding tert-OH is 1. The maximum atomic E-state index is 17.5. The predicted molar refractivity (Wildman–Crippen MR) is 128 cm³/mol. The summed E-state index contributed by atoms with van der Waals surface area (Å²) in [5.41, 5.74) is -3.85. The molecule has 36 heavy (non-hydrogen) atoms. The minimum absolute atomic E-state index is 0.0835. The molecule has 3 saturated carbocycles. The molecule has 5 fully saturated rings. The van der Waals surface area contributed by atoms with E-state index in [9.17, 15) is 14.7 Å². The number of aliphatic hydroxyl groups is 1. The highest BCUT2D eigenvalue weighted by Crippen LogP contribution is 2.74. The minimum Gasteiger partial charge on any atom is -0.465 e. The molecule has 6 aliphatic rings. The third kappa shape index (κ3) is 3.06. The first kappa shape index (κ1) is 25.3. The Kier molecular flexibility index (Phi) is 5.78. The van der Waals surface area contributed by atoms with Gasteiger partial charge in [-0.1, -0.05) is 27.2 Å². The summed E-state index contributed by atoms with van der Waals surface area (Å²) in [6.07, 6.45) is 0.628. The molecule has 0 spiro atoms. The van der Waals surface area contributed by atoms with Crippen molar-refractivity contribution in [1.29, 1.82) is 0 Å². The Labute approximate surface area is 214 Å². The fourth-order valence-corrected chi connectivity index (χ4v) is 10.4. The van der Waals surface area contributed by atoms with Crippen molar-refractivity contribution >= 4 is 23.5 Å². The van der Waals surface area contributed by atoms with Crippen LogP contribution in [-0.4, -0.2) is 64.0 Å². The summed E-state index contributed by atoms with van der Waals surface area (Å²) in [7, 11) is 0. The lowest BCUT2D eigenvalue weighted by molar-refractivity contribution is -0.232. The Morgan fingerprint density at radius 1 is 1.22 bits per heavy atom. The normalized spacial score (nSPS) is 53.8. The van der Waals surface area contributed by atoms with Gasteiger partial charge in [0.25, 0.3) is 0 Å². The molecule has 1 N–H and O–H groups in total. The number of cyclic esters (lactones) is 1. The zero-order valence-corrected chi connectivity index (χ0v) is 22.0. The number of ketones is 1. The van der Waals surface area contributed by atoms with Crippen molar-refractivity contribution in [2.75, 3.05) is 6.61 Å². The van der Waals surface area contributed by atoms with Crippen LogP contribution in [0.15, 0.2) is 11.6 Å². The van der Waals surface area contributed by atoms with E-state index in [0.29, 0.717) is 25.9 Å². The average molecular weight is 527 g/mol. The van der Waals surface area contributed by atoms with Gasteiger partial charge < -0.3 is 19.3 Å². The zero-order chi connectivity index (χ0) is 25.7. The highest BCUT2D eigenvalue weighted by Gasteiger charge is 2.79. The first-order valence-corrected chi connectivity index (χ1v) is 14.3. The van der Waals surface area contributed by atoms with Gasteiger partial charge in [-0.2, -0.15) is 0 Å². The smallest absolute Gasteiger partial charge is 0.319 e. The summed E-state index contributed by atoms with van der Waals surface area (Å²) in [4.78, 5) is 23.7. The van der Waals surface area contributed by atoms with Gasteiger partial charge in [0, 0.05) is 29.6 Å². The topological polar surface area (TPSA) is 82.1 Å². The van der Waals surface area contributed by atoms with Crippen LogP contribution in [0.3, 0.4) is 0 Å². The molecule has 0 radical (unpaired) electrons. The molecular formula is C27H36F2O6S. The lowest BCUT2D eigenvalue weighted by Gasteiger charge is -2.64. The van der Waals surface area contributed by atoms with E-state index in [0.717, 1.165) is 6.42 Å². The second kappa shape index (κ2) is 8.23. The third-order valence-corrected chi connectivity index (χ3v) is 12.3. The monoisotopic (exact) mass is 526 g/mol. The van der Waals surface area contributed by atoms with Crippen LogP contribution in [0.1, 0.15) is 72.1 Å². The summed E-state index contributed by atoms with van der Waals surface area (Å²) in [5, 5.41) is 11.2. The van der Waals surface area contributed by atoms with E-state index < -0.39 is 57.3 Å². The number of halogens is 2. The van der Waals surface area contributed by atoms with E-state index >= 15 is 8.78 Å². The second-order valence-electron chi connectivity index (χ2n) is 12.1. The Bertz CT molecular complexity index is 1010. The Hall–Kier alpha value is -1.03. The molecule has 0 aromatic heterocycles. The highest BCUT2D eigenvalue weighted by atomic mass is 32.2. The van der Waals surface area contributed by atoms with Crippen molar-refractivity contribution in [3.63, 3.8) is 0 Å². The van der Waals surface area contributed by atoms with Crippen molar-refractivity contribution in [2.24, 2.45) is 22.7 Å². The lowest BCUT2D eigenvalue weighted by Crippen LogP contribution is -2.70. The van der Waals surface area contributed by atoms with Crippen molar-refractivity contribution in [2.45, 2.75) is 113 Å². The molecular weight excluding hydrogens is 490 g/mol. The Morgan fingerprint density at radius 3 is 2.69 bits per heavy atom. The van der Waals surface area contributed by atoms with Crippen molar-refractivity contribution in [1.82, 2.24) is 0 Å². The zero-order valence-electron chi connectivity index (χ0n) is 21.1. The molecule has 2 saturated heterocycles. The molecule has 200 valence electrons. The number of alkyl halides is 2. The molecule has 1 unspecified atom stereocenters. The van der Waals surface area contributed by atoms with Gasteiger partial charge in [-0.25, -0.2) is 8.78 Å². The van der Waals surface area contributed by atoms with Crippen LogP contribution in [0.2, 0.25) is 0 Å². The van der Waals surface area contributed by atoms with Crippen LogP contribution in [0.5, 0.6) is 0 Å². The lowest BCUT2D eigenvalue weighted by atomic mass is 9.44. The largest absolute Gasteiger partial charge is 0.465 e. The number of esters is 1. The number of rotatable bonds is 4. The standard InChI is InChI=1S/C27H36F2O6S/c1-4-5-22-34-21-12-15-16-11-18(28)17-10-14(30)6-8-24(17,2)26(16,29)20(31)13-25(15,3)27(21,35-22)36-19-7-9-33-23(19)32/h10,15-16,18-22,31H,4-9,11-13H2,1-3H3/t15-,16-,18-,19+,20-,21+,22?,24-,25-,26-,27-/m0/s1. The number of carbonyl (C=O) groups is 2. The summed E-state index contributed by atoms with van der Waals surface area (Å²) in [6, 6.07) is 0. The van der Waals surface area contributed by atoms with E-state index in [4.69, 9.17) is 14.2 Å². The van der Waals surface area contributed by atoms with Gasteiger partial charge in [-0.3, -0.25) is 9.59 Å². The summed E-state index contributed by atoms with van der Waals surface area (Å²) in [5.74, 6) is -1.53. The molecule has 0 bridgehead atoms. The number of carbonyl (C=O) groups excluding carboxylic acids is 2. The first-order chi connectivity index (χ1) is 17.0. The van der Waals surface area contributed by atoms with Gasteiger partial charge >= 0.3 is 5.97 Å². The van der Waals surface area contributed by atoms with Gasteiger partial charge in [0.1, 0.15) is 28.1 Å². The maximum absolute atomic E-state index is 17.5. The maximum Gasteiger partial charge on any atom is 0.319 e. The van der Waals surface area contributed by atoms with Crippen molar-refractivity contribution in [3.05, 3.63) is 11.6 Å². The molecule has 9 heteroatoms. The number of allylic oxidation sites excluding steroid dienone is 1. The molecule has 2 aliphatic heterocycles. The third-order valence-electron chi connectivity index (χ3n) is 10.5. The van der Waals surface area contributed by atoms with E-state index in [1.54, 1.807) is 6.92 Å². The Morgan fingerprint density at radius 2 is 2.00 bits per heavy atom. The fourth-order valence-electron chi connectivity index (χ4n) is 8.66. The Balaban J connectivity index is 1.42. The van der Waals surface area contributed by atoms with E-state index in [1.807, 2.05) is 13.8 Å². The van der Waals surface area contributed by atoms with Gasteiger partial charge in [-0.15, -0.1) is 11.8 Å². The van der Waals surface area contributed by atoms with Crippen LogP contribution in [0, 0.1) is 22.7 Å².